The third-order valence-electron chi connectivity index (χ3n) is 7.53. The Morgan fingerprint density at radius 2 is 2.10 bits per heavy atom. The van der Waals surface area contributed by atoms with E-state index in [-0.39, 0.29) is 17.6 Å². The summed E-state index contributed by atoms with van der Waals surface area (Å²) in [6.45, 7) is 9.53. The van der Waals surface area contributed by atoms with Crippen molar-refractivity contribution in [2.45, 2.75) is 58.2 Å². The Kier molecular flexibility index (Phi) is 9.10. The van der Waals surface area contributed by atoms with Crippen LogP contribution in [0.5, 0.6) is 0 Å². The number of carbonyl (C=O) groups is 1. The number of ether oxygens (including phenoxy) is 1. The maximum Gasteiger partial charge on any atom is 0.354 e. The van der Waals surface area contributed by atoms with Crippen LogP contribution in [0.15, 0.2) is 41.2 Å². The summed E-state index contributed by atoms with van der Waals surface area (Å²) < 4.78 is 21.9. The number of aliphatic imine (C=N–C) groups is 1. The van der Waals surface area contributed by atoms with Crippen LogP contribution in [0.25, 0.3) is 0 Å². The number of aromatic nitrogens is 3. The molecule has 0 radical (unpaired) electrons. The van der Waals surface area contributed by atoms with Crippen LogP contribution >= 0.6 is 22.9 Å². The van der Waals surface area contributed by atoms with E-state index in [1.54, 1.807) is 23.5 Å². The minimum Gasteiger partial charge on any atom is -0.477 e. The highest BCUT2D eigenvalue weighted by Crippen LogP contribution is 2.29. The predicted molar refractivity (Wildman–Crippen MR) is 154 cm³/mol. The van der Waals surface area contributed by atoms with Gasteiger partial charge in [0, 0.05) is 29.9 Å². The lowest BCUT2D eigenvalue weighted by Gasteiger charge is -2.32. The Bertz CT molecular complexity index is 1410. The van der Waals surface area contributed by atoms with E-state index in [2.05, 4.69) is 16.5 Å². The second kappa shape index (κ2) is 12.7. The van der Waals surface area contributed by atoms with Gasteiger partial charge in [0.1, 0.15) is 22.4 Å². The van der Waals surface area contributed by atoms with Gasteiger partial charge in [0.25, 0.3) is 0 Å². The lowest BCUT2D eigenvalue weighted by atomic mass is 9.93. The highest BCUT2D eigenvalue weighted by atomic mass is 35.5. The fraction of sp³-hybridized carbons (Fsp3) is 0.448. The molecule has 1 aromatic carbocycles. The number of imidazole rings is 1. The number of aliphatic carboxylic acids is 1. The van der Waals surface area contributed by atoms with Gasteiger partial charge in [-0.1, -0.05) is 24.2 Å². The third-order valence-corrected chi connectivity index (χ3v) is 8.65. The maximum atomic E-state index is 14.2. The molecule has 2 aromatic heterocycles. The second-order valence-corrected chi connectivity index (χ2v) is 11.8. The molecule has 212 valence electrons. The van der Waals surface area contributed by atoms with Crippen molar-refractivity contribution in [2.24, 2.45) is 10.9 Å². The van der Waals surface area contributed by atoms with Crippen molar-refractivity contribution in [3.63, 3.8) is 0 Å². The molecule has 1 atom stereocenters. The molecule has 2 aliphatic heterocycles. The summed E-state index contributed by atoms with van der Waals surface area (Å²) in [5, 5.41) is 12.9. The number of carboxylic acid groups (broad SMARTS) is 1. The maximum absolute atomic E-state index is 14.2. The van der Waals surface area contributed by atoms with Crippen molar-refractivity contribution in [2.75, 3.05) is 19.7 Å². The summed E-state index contributed by atoms with van der Waals surface area (Å²) in [5.41, 5.74) is 2.08. The van der Waals surface area contributed by atoms with Crippen LogP contribution in [0, 0.1) is 18.7 Å². The highest BCUT2D eigenvalue weighted by Gasteiger charge is 2.27. The molecule has 3 aromatic rings. The van der Waals surface area contributed by atoms with Crippen LogP contribution in [0.3, 0.4) is 0 Å². The third kappa shape index (κ3) is 6.86. The van der Waals surface area contributed by atoms with Gasteiger partial charge in [-0.2, -0.15) is 0 Å². The Morgan fingerprint density at radius 1 is 1.32 bits per heavy atom. The average Bonchev–Trinajstić information content (AvgIpc) is 3.45. The van der Waals surface area contributed by atoms with E-state index in [1.165, 1.54) is 12.1 Å². The van der Waals surface area contributed by atoms with E-state index in [4.69, 9.17) is 26.3 Å². The van der Waals surface area contributed by atoms with E-state index in [0.717, 1.165) is 68.5 Å². The smallest absolute Gasteiger partial charge is 0.354 e. The Hall–Kier alpha value is -2.92. The first-order chi connectivity index (χ1) is 19.3. The number of rotatable bonds is 11. The SMILES string of the molecule is C=CC(=Nc1c(C)nc(CC2CCN(Cc3nc(Cc4ccc(Cl)cc4F)cs3)CC2)n1C[C@@H]1CCO1)C(=O)O. The molecule has 11 heteroatoms. The van der Waals surface area contributed by atoms with Crippen molar-refractivity contribution in [1.29, 1.82) is 0 Å². The summed E-state index contributed by atoms with van der Waals surface area (Å²) in [7, 11) is 0. The monoisotopic (exact) mass is 585 g/mol. The first-order valence-corrected chi connectivity index (χ1v) is 14.8. The molecular weight excluding hydrogens is 553 g/mol. The molecule has 4 heterocycles. The lowest BCUT2D eigenvalue weighted by Crippen LogP contribution is -2.35. The molecule has 5 rings (SSSR count). The molecule has 0 spiro atoms. The normalized spacial score (nSPS) is 18.6. The molecule has 2 fully saturated rings. The first kappa shape index (κ1) is 28.6. The summed E-state index contributed by atoms with van der Waals surface area (Å²) in [6, 6.07) is 4.76. The number of benzene rings is 1. The van der Waals surface area contributed by atoms with Crippen molar-refractivity contribution >= 4 is 40.4 Å². The fourth-order valence-electron chi connectivity index (χ4n) is 5.20. The predicted octanol–water partition coefficient (Wildman–Crippen LogP) is 5.62. The highest BCUT2D eigenvalue weighted by molar-refractivity contribution is 7.09. The minimum atomic E-state index is -1.11. The van der Waals surface area contributed by atoms with Gasteiger partial charge in [-0.3, -0.25) is 4.90 Å². The molecule has 1 N–H and O–H groups in total. The number of hydrogen-bond acceptors (Lipinski definition) is 7. The van der Waals surface area contributed by atoms with E-state index < -0.39 is 5.97 Å². The summed E-state index contributed by atoms with van der Waals surface area (Å²) in [6.07, 6.45) is 5.65. The molecule has 0 unspecified atom stereocenters. The number of likely N-dealkylation sites (tertiary alicyclic amines) is 1. The number of carboxylic acids is 1. The van der Waals surface area contributed by atoms with Gasteiger partial charge in [-0.25, -0.2) is 24.1 Å². The van der Waals surface area contributed by atoms with E-state index >= 15 is 0 Å². The van der Waals surface area contributed by atoms with E-state index in [1.807, 2.05) is 16.9 Å². The molecule has 0 bridgehead atoms. The van der Waals surface area contributed by atoms with Gasteiger partial charge in [-0.15, -0.1) is 11.3 Å². The van der Waals surface area contributed by atoms with Gasteiger partial charge in [0.2, 0.25) is 0 Å². The number of hydrogen-bond donors (Lipinski definition) is 1. The number of aryl methyl sites for hydroxylation is 1. The minimum absolute atomic E-state index is 0.0951. The first-order valence-electron chi connectivity index (χ1n) is 13.5. The molecular formula is C29H33ClFN5O3S. The molecule has 2 aliphatic rings. The molecule has 0 amide bonds. The van der Waals surface area contributed by atoms with Crippen LogP contribution in [-0.2, 0) is 35.5 Å². The van der Waals surface area contributed by atoms with Crippen molar-refractivity contribution in [3.05, 3.63) is 74.9 Å². The van der Waals surface area contributed by atoms with Gasteiger partial charge < -0.3 is 14.4 Å². The van der Waals surface area contributed by atoms with E-state index in [9.17, 15) is 14.3 Å². The van der Waals surface area contributed by atoms with Crippen molar-refractivity contribution in [3.8, 4) is 0 Å². The Balaban J connectivity index is 1.20. The fourth-order valence-corrected chi connectivity index (χ4v) is 6.19. The van der Waals surface area contributed by atoms with Gasteiger partial charge >= 0.3 is 5.97 Å². The average molecular weight is 586 g/mol. The molecule has 40 heavy (non-hydrogen) atoms. The quantitative estimate of drug-likeness (QED) is 0.294. The standard InChI is InChI=1S/C29H33ClFN5O3S/c1-3-25(29(37)38)34-28-18(2)32-26(36(28)15-23-8-11-39-23)12-19-6-9-35(10-7-19)16-27-33-22(17-40-27)13-20-4-5-21(30)14-24(20)31/h3-5,14,17,19,23H,1,6-13,15-16H2,2H3,(H,37,38)/t23-/m0/s1. The topological polar surface area (TPSA) is 92.8 Å². The molecule has 0 saturated carbocycles. The molecule has 0 aliphatic carbocycles. The van der Waals surface area contributed by atoms with Crippen molar-refractivity contribution in [1.82, 2.24) is 19.4 Å². The van der Waals surface area contributed by atoms with E-state index in [0.29, 0.717) is 41.0 Å². The van der Waals surface area contributed by atoms with Crippen LogP contribution in [-0.4, -0.2) is 62.0 Å². The Morgan fingerprint density at radius 3 is 2.75 bits per heavy atom. The molecule has 8 nitrogen and oxygen atoms in total. The lowest BCUT2D eigenvalue weighted by molar-refractivity contribution is -0.129. The zero-order chi connectivity index (χ0) is 28.2. The summed E-state index contributed by atoms with van der Waals surface area (Å²) in [4.78, 5) is 27.9. The van der Waals surface area contributed by atoms with Crippen LogP contribution in [0.4, 0.5) is 10.2 Å². The number of thiazole rings is 1. The van der Waals surface area contributed by atoms with Crippen LogP contribution < -0.4 is 0 Å². The second-order valence-electron chi connectivity index (χ2n) is 10.4. The largest absolute Gasteiger partial charge is 0.477 e. The number of halogens is 2. The van der Waals surface area contributed by atoms with Crippen LogP contribution in [0.2, 0.25) is 5.02 Å². The number of nitrogens with zero attached hydrogens (tertiary/aromatic N) is 5. The zero-order valence-electron chi connectivity index (χ0n) is 22.5. The van der Waals surface area contributed by atoms with Gasteiger partial charge in [0.05, 0.1) is 30.6 Å². The molecule has 2 saturated heterocycles. The van der Waals surface area contributed by atoms with Gasteiger partial charge in [-0.05, 0) is 69.0 Å². The number of piperidine rings is 1. The zero-order valence-corrected chi connectivity index (χ0v) is 24.1. The Labute approximate surface area is 242 Å². The summed E-state index contributed by atoms with van der Waals surface area (Å²) in [5.74, 6) is 0.549. The van der Waals surface area contributed by atoms with Crippen LogP contribution in [0.1, 0.15) is 47.0 Å². The van der Waals surface area contributed by atoms with Gasteiger partial charge in [0.15, 0.2) is 5.82 Å². The van der Waals surface area contributed by atoms with Crippen molar-refractivity contribution < 1.29 is 19.0 Å². The summed E-state index contributed by atoms with van der Waals surface area (Å²) >= 11 is 7.48.